The second-order valence-electron chi connectivity index (χ2n) is 10.1. The highest BCUT2D eigenvalue weighted by molar-refractivity contribution is 5.79. The minimum Gasteiger partial charge on any atom is -0.462 e. The Bertz CT molecular complexity index is 656. The van der Waals surface area contributed by atoms with Crippen LogP contribution in [0.5, 0.6) is 0 Å². The first kappa shape index (κ1) is 12.3. The maximum absolute atomic E-state index is 13.0. The number of carbonyl (C=O) groups excluding carboxylic acids is 2. The van der Waals surface area contributed by atoms with E-state index in [1.165, 1.54) is 12.8 Å². The lowest BCUT2D eigenvalue weighted by Crippen LogP contribution is -2.46. The SMILES string of the molecule is O=C1O[C@H]2CC[C@@H]3[C@@H]2[C@H]2[C@H]1[C@H]1[C@H]4CC[C@@H]5OC(=O)[C@H]6[C@@H]([C@@H]1[C@@H]2[C@@H]36)[C@@H]45. The largest absolute Gasteiger partial charge is 0.462 e. The summed E-state index contributed by atoms with van der Waals surface area (Å²) >= 11 is 0. The molecule has 126 valence electrons. The summed E-state index contributed by atoms with van der Waals surface area (Å²) < 4.78 is 12.0. The zero-order chi connectivity index (χ0) is 15.5. The van der Waals surface area contributed by atoms with Crippen LogP contribution in [0, 0.1) is 71.0 Å². The quantitative estimate of drug-likeness (QED) is 0.638. The Hall–Kier alpha value is -1.06. The van der Waals surface area contributed by atoms with Crippen LogP contribution < -0.4 is 0 Å². The summed E-state index contributed by atoms with van der Waals surface area (Å²) in [5.41, 5.74) is 0. The van der Waals surface area contributed by atoms with Crippen molar-refractivity contribution in [3.63, 3.8) is 0 Å². The Morgan fingerprint density at radius 1 is 0.542 bits per heavy atom. The molecule has 6 saturated carbocycles. The molecule has 2 heterocycles. The molecule has 4 heteroatoms. The molecule has 0 radical (unpaired) electrons. The van der Waals surface area contributed by atoms with E-state index in [-0.39, 0.29) is 36.0 Å². The lowest BCUT2D eigenvalue weighted by atomic mass is 9.70. The number of rotatable bonds is 0. The molecule has 24 heavy (non-hydrogen) atoms. The van der Waals surface area contributed by atoms with Crippen molar-refractivity contribution in [3.8, 4) is 0 Å². The third kappa shape index (κ3) is 0.964. The van der Waals surface area contributed by atoms with Gasteiger partial charge in [0.25, 0.3) is 0 Å². The van der Waals surface area contributed by atoms with Crippen LogP contribution in [-0.4, -0.2) is 24.1 Å². The highest BCUT2D eigenvalue weighted by Gasteiger charge is 2.82. The van der Waals surface area contributed by atoms with E-state index in [1.54, 1.807) is 0 Å². The Balaban J connectivity index is 1.41. The molecule has 8 rings (SSSR count). The normalized spacial score (nSPS) is 71.5. The smallest absolute Gasteiger partial charge is 0.309 e. The van der Waals surface area contributed by atoms with Crippen LogP contribution in [0.25, 0.3) is 0 Å². The monoisotopic (exact) mass is 326 g/mol. The predicted molar refractivity (Wildman–Crippen MR) is 80.1 cm³/mol. The van der Waals surface area contributed by atoms with Crippen molar-refractivity contribution in [1.82, 2.24) is 0 Å². The maximum atomic E-state index is 13.0. The van der Waals surface area contributed by atoms with Gasteiger partial charge in [-0.3, -0.25) is 9.59 Å². The number of hydrogen-bond acceptors (Lipinski definition) is 4. The number of fused-ring (bicyclic) bond motifs is 4. The summed E-state index contributed by atoms with van der Waals surface area (Å²) in [5, 5.41) is 0. The fourth-order valence-electron chi connectivity index (χ4n) is 10.5. The molecule has 2 aliphatic heterocycles. The van der Waals surface area contributed by atoms with Gasteiger partial charge < -0.3 is 9.47 Å². The second kappa shape index (κ2) is 3.43. The lowest BCUT2D eigenvalue weighted by molar-refractivity contribution is -0.175. The van der Waals surface area contributed by atoms with Gasteiger partial charge in [-0.15, -0.1) is 0 Å². The fourth-order valence-corrected chi connectivity index (χ4v) is 10.5. The topological polar surface area (TPSA) is 52.6 Å². The van der Waals surface area contributed by atoms with Crippen molar-refractivity contribution in [3.05, 3.63) is 0 Å². The van der Waals surface area contributed by atoms with E-state index in [4.69, 9.17) is 9.47 Å². The number of esters is 2. The van der Waals surface area contributed by atoms with E-state index >= 15 is 0 Å². The third-order valence-electron chi connectivity index (χ3n) is 10.3. The molecule has 6 aliphatic carbocycles. The van der Waals surface area contributed by atoms with Crippen LogP contribution in [0.4, 0.5) is 0 Å². The molecule has 0 N–H and O–H groups in total. The van der Waals surface area contributed by atoms with Crippen molar-refractivity contribution in [1.29, 1.82) is 0 Å². The van der Waals surface area contributed by atoms with Gasteiger partial charge in [0.15, 0.2) is 0 Å². The molecule has 14 atom stereocenters. The van der Waals surface area contributed by atoms with Gasteiger partial charge >= 0.3 is 11.9 Å². The van der Waals surface area contributed by atoms with Crippen LogP contribution in [-0.2, 0) is 19.1 Å². The Morgan fingerprint density at radius 3 is 1.46 bits per heavy atom. The van der Waals surface area contributed by atoms with E-state index in [2.05, 4.69) is 0 Å². The number of ether oxygens (including phenoxy) is 2. The van der Waals surface area contributed by atoms with Crippen molar-refractivity contribution in [2.75, 3.05) is 0 Å². The van der Waals surface area contributed by atoms with Crippen molar-refractivity contribution < 1.29 is 19.1 Å². The van der Waals surface area contributed by atoms with Gasteiger partial charge in [0.2, 0.25) is 0 Å². The van der Waals surface area contributed by atoms with E-state index in [0.717, 1.165) is 12.8 Å². The highest BCUT2D eigenvalue weighted by atomic mass is 16.6. The summed E-state index contributed by atoms with van der Waals surface area (Å²) in [5.74, 6) is 6.37. The zero-order valence-electron chi connectivity index (χ0n) is 13.5. The molecule has 0 spiro atoms. The molecule has 0 aromatic rings. The number of carbonyl (C=O) groups is 2. The Morgan fingerprint density at radius 2 is 1.00 bits per heavy atom. The van der Waals surface area contributed by atoms with Gasteiger partial charge in [-0.05, 0) is 73.0 Å². The van der Waals surface area contributed by atoms with Crippen molar-refractivity contribution in [2.45, 2.75) is 37.9 Å². The predicted octanol–water partition coefficient (Wildman–Crippen LogP) is 1.87. The Kier molecular flexibility index (Phi) is 1.76. The van der Waals surface area contributed by atoms with Crippen LogP contribution in [0.2, 0.25) is 0 Å². The standard InChI is InChI=1S/C20H22O4/c21-19-17-11-5-1-3-7-9(5)13-15(11)16-12(18(13)20(22)23-7)6-2-4-8(24-19)10(6)14(16)17/h5-18H,1-4H2/t5-,6+,7-,8-,9-,10-,11-,12+,13+,14+,15+,16+,17+,18+/m0/s1. The zero-order valence-corrected chi connectivity index (χ0v) is 13.5. The molecular weight excluding hydrogens is 304 g/mol. The minimum absolute atomic E-state index is 0.132. The van der Waals surface area contributed by atoms with Crippen LogP contribution >= 0.6 is 0 Å². The van der Waals surface area contributed by atoms with Gasteiger partial charge in [0.05, 0.1) is 11.8 Å². The molecular formula is C20H22O4. The molecule has 2 saturated heterocycles. The number of hydrogen-bond donors (Lipinski definition) is 0. The summed E-state index contributed by atoms with van der Waals surface area (Å²) in [6.07, 6.45) is 4.73. The second-order valence-corrected chi connectivity index (χ2v) is 10.1. The molecule has 0 unspecified atom stereocenters. The van der Waals surface area contributed by atoms with E-state index < -0.39 is 0 Å². The summed E-state index contributed by atoms with van der Waals surface area (Å²) in [6.45, 7) is 0. The first-order chi connectivity index (χ1) is 11.8. The van der Waals surface area contributed by atoms with E-state index in [1.807, 2.05) is 0 Å². The molecule has 8 aliphatic rings. The molecule has 0 aromatic heterocycles. The summed E-state index contributed by atoms with van der Waals surface area (Å²) in [7, 11) is 0. The van der Waals surface area contributed by atoms with Crippen molar-refractivity contribution >= 4 is 11.9 Å². The average Bonchev–Trinajstić information content (AvgIpc) is 3.29. The molecule has 0 aromatic carbocycles. The average molecular weight is 326 g/mol. The molecule has 0 bridgehead atoms. The summed E-state index contributed by atoms with van der Waals surface area (Å²) in [4.78, 5) is 25.9. The summed E-state index contributed by atoms with van der Waals surface area (Å²) in [6, 6.07) is 0. The van der Waals surface area contributed by atoms with Gasteiger partial charge in [0, 0.05) is 11.8 Å². The first-order valence-electron chi connectivity index (χ1n) is 10.2. The molecule has 0 amide bonds. The maximum Gasteiger partial charge on any atom is 0.309 e. The van der Waals surface area contributed by atoms with Gasteiger partial charge in [-0.25, -0.2) is 0 Å². The third-order valence-corrected chi connectivity index (χ3v) is 10.3. The minimum atomic E-state index is 0.132. The van der Waals surface area contributed by atoms with E-state index in [9.17, 15) is 9.59 Å². The van der Waals surface area contributed by atoms with Crippen molar-refractivity contribution in [2.24, 2.45) is 71.0 Å². The first-order valence-corrected chi connectivity index (χ1v) is 10.2. The van der Waals surface area contributed by atoms with Gasteiger partial charge in [-0.2, -0.15) is 0 Å². The van der Waals surface area contributed by atoms with Crippen LogP contribution in [0.3, 0.4) is 0 Å². The van der Waals surface area contributed by atoms with Crippen LogP contribution in [0.15, 0.2) is 0 Å². The van der Waals surface area contributed by atoms with E-state index in [0.29, 0.717) is 59.2 Å². The Labute approximate surface area is 140 Å². The van der Waals surface area contributed by atoms with Crippen LogP contribution in [0.1, 0.15) is 25.7 Å². The molecule has 8 fully saturated rings. The van der Waals surface area contributed by atoms with Gasteiger partial charge in [0.1, 0.15) is 12.2 Å². The molecule has 4 nitrogen and oxygen atoms in total. The fraction of sp³-hybridized carbons (Fsp3) is 0.900. The lowest BCUT2D eigenvalue weighted by Gasteiger charge is -2.40. The van der Waals surface area contributed by atoms with Gasteiger partial charge in [-0.1, -0.05) is 0 Å². The highest BCUT2D eigenvalue weighted by Crippen LogP contribution is 2.81.